The molecule has 0 saturated heterocycles. The van der Waals surface area contributed by atoms with E-state index in [1.807, 2.05) is 0 Å². The van der Waals surface area contributed by atoms with Crippen LogP contribution in [0.5, 0.6) is 5.75 Å². The Kier molecular flexibility index (Phi) is 4.26. The van der Waals surface area contributed by atoms with Crippen molar-refractivity contribution in [3.63, 3.8) is 0 Å². The molecule has 5 heteroatoms. The number of nitrogens with zero attached hydrogens (tertiary/aromatic N) is 1. The number of ether oxygens (including phenoxy) is 2. The quantitative estimate of drug-likeness (QED) is 0.800. The van der Waals surface area contributed by atoms with Crippen LogP contribution in [-0.4, -0.2) is 24.7 Å². The minimum atomic E-state index is -0.666. The zero-order chi connectivity index (χ0) is 16.5. The minimum Gasteiger partial charge on any atom is -0.497 e. The van der Waals surface area contributed by atoms with Crippen molar-refractivity contribution in [2.45, 2.75) is 38.7 Å². The molecule has 1 aliphatic rings. The van der Waals surface area contributed by atoms with Gasteiger partial charge in [-0.05, 0) is 51.0 Å². The predicted octanol–water partition coefficient (Wildman–Crippen LogP) is 3.64. The lowest BCUT2D eigenvalue weighted by Gasteiger charge is -2.24. The first-order valence-corrected chi connectivity index (χ1v) is 7.14. The van der Waals surface area contributed by atoms with Gasteiger partial charge in [0.05, 0.1) is 18.7 Å². The third-order valence-electron chi connectivity index (χ3n) is 3.35. The average molecular weight is 303 g/mol. The van der Waals surface area contributed by atoms with Gasteiger partial charge in [0, 0.05) is 0 Å². The maximum atomic E-state index is 12.6. The van der Waals surface area contributed by atoms with Gasteiger partial charge in [-0.1, -0.05) is 6.08 Å². The van der Waals surface area contributed by atoms with Crippen LogP contribution in [0.25, 0.3) is 0 Å². The molecule has 0 spiro atoms. The highest BCUT2D eigenvalue weighted by atomic mass is 16.6. The van der Waals surface area contributed by atoms with Crippen molar-refractivity contribution in [1.29, 1.82) is 0 Å². The largest absolute Gasteiger partial charge is 0.497 e. The molecule has 2 amide bonds. The first kappa shape index (κ1) is 16.1. The topological polar surface area (TPSA) is 55.8 Å². The number of allylic oxidation sites excluding steroid dienone is 1. The van der Waals surface area contributed by atoms with Crippen LogP contribution < -0.4 is 9.64 Å². The van der Waals surface area contributed by atoms with Crippen LogP contribution in [0.4, 0.5) is 10.5 Å². The Bertz CT molecular complexity index is 616. The van der Waals surface area contributed by atoms with Gasteiger partial charge in [0.1, 0.15) is 11.4 Å². The molecule has 0 N–H and O–H groups in total. The maximum Gasteiger partial charge on any atom is 0.421 e. The second-order valence-corrected chi connectivity index (χ2v) is 6.16. The molecule has 2 rings (SSSR count). The van der Waals surface area contributed by atoms with Crippen LogP contribution in [0.3, 0.4) is 0 Å². The van der Waals surface area contributed by atoms with E-state index in [0.717, 1.165) is 10.5 Å². The average Bonchev–Trinajstić information content (AvgIpc) is 2.69. The smallest absolute Gasteiger partial charge is 0.421 e. The first-order valence-electron chi connectivity index (χ1n) is 7.14. The molecule has 0 radical (unpaired) electrons. The number of benzene rings is 1. The predicted molar refractivity (Wildman–Crippen MR) is 84.3 cm³/mol. The summed E-state index contributed by atoms with van der Waals surface area (Å²) in [5.74, 6) is -0.0841. The van der Waals surface area contributed by atoms with Crippen molar-refractivity contribution in [2.24, 2.45) is 0 Å². The highest BCUT2D eigenvalue weighted by Gasteiger charge is 2.42. The van der Waals surface area contributed by atoms with Gasteiger partial charge in [0.15, 0.2) is 0 Å². The molecule has 1 atom stereocenters. The summed E-state index contributed by atoms with van der Waals surface area (Å²) in [6, 6.07) is 5.21. The Hall–Kier alpha value is -2.30. The summed E-state index contributed by atoms with van der Waals surface area (Å²) in [6.45, 7) is 8.98. The number of carbonyl (C=O) groups is 2. The molecule has 0 fully saturated rings. The van der Waals surface area contributed by atoms with Crippen LogP contribution in [0.2, 0.25) is 0 Å². The molecule has 0 bridgehead atoms. The number of hydrogen-bond acceptors (Lipinski definition) is 4. The van der Waals surface area contributed by atoms with E-state index >= 15 is 0 Å². The van der Waals surface area contributed by atoms with Gasteiger partial charge in [-0.15, -0.1) is 6.58 Å². The molecule has 22 heavy (non-hydrogen) atoms. The molecule has 1 aromatic carbocycles. The molecule has 1 unspecified atom stereocenters. The van der Waals surface area contributed by atoms with Crippen molar-refractivity contribution < 1.29 is 19.1 Å². The van der Waals surface area contributed by atoms with Crippen LogP contribution >= 0.6 is 0 Å². The third-order valence-corrected chi connectivity index (χ3v) is 3.35. The van der Waals surface area contributed by atoms with E-state index in [0.29, 0.717) is 17.9 Å². The van der Waals surface area contributed by atoms with Gasteiger partial charge in [0.25, 0.3) is 0 Å². The summed E-state index contributed by atoms with van der Waals surface area (Å²) >= 11 is 0. The molecule has 1 aliphatic heterocycles. The number of rotatable bonds is 3. The standard InChI is InChI=1S/C17H21NO4/c1-6-7-12-13-10-11(21-5)8-9-14(13)18(15(12)19)16(20)22-17(2,3)4/h6,8-10,12H,1,7H2,2-5H3. The lowest BCUT2D eigenvalue weighted by Crippen LogP contribution is -2.39. The summed E-state index contributed by atoms with van der Waals surface area (Å²) in [5, 5.41) is 0. The van der Waals surface area contributed by atoms with Gasteiger partial charge in [-0.3, -0.25) is 4.79 Å². The fourth-order valence-corrected chi connectivity index (χ4v) is 2.44. The summed E-state index contributed by atoms with van der Waals surface area (Å²) < 4.78 is 10.5. The van der Waals surface area contributed by atoms with Gasteiger partial charge in [0.2, 0.25) is 5.91 Å². The van der Waals surface area contributed by atoms with E-state index in [1.54, 1.807) is 52.2 Å². The number of carbonyl (C=O) groups excluding carboxylic acids is 2. The fourth-order valence-electron chi connectivity index (χ4n) is 2.44. The Balaban J connectivity index is 2.44. The normalized spacial score (nSPS) is 17.2. The van der Waals surface area contributed by atoms with Crippen molar-refractivity contribution in [3.05, 3.63) is 36.4 Å². The van der Waals surface area contributed by atoms with E-state index in [9.17, 15) is 9.59 Å². The van der Waals surface area contributed by atoms with E-state index in [4.69, 9.17) is 9.47 Å². The molecule has 118 valence electrons. The Morgan fingerprint density at radius 2 is 2.09 bits per heavy atom. The highest BCUT2D eigenvalue weighted by molar-refractivity contribution is 6.19. The van der Waals surface area contributed by atoms with E-state index in [1.165, 1.54) is 0 Å². The number of hydrogen-bond donors (Lipinski definition) is 0. The van der Waals surface area contributed by atoms with Gasteiger partial charge in [-0.25, -0.2) is 9.69 Å². The number of methoxy groups -OCH3 is 1. The maximum absolute atomic E-state index is 12.6. The Morgan fingerprint density at radius 3 is 2.64 bits per heavy atom. The molecule has 5 nitrogen and oxygen atoms in total. The lowest BCUT2D eigenvalue weighted by molar-refractivity contribution is -0.119. The van der Waals surface area contributed by atoms with Gasteiger partial charge >= 0.3 is 6.09 Å². The van der Waals surface area contributed by atoms with E-state index in [-0.39, 0.29) is 5.91 Å². The van der Waals surface area contributed by atoms with E-state index < -0.39 is 17.6 Å². The third kappa shape index (κ3) is 2.98. The molecule has 1 heterocycles. The van der Waals surface area contributed by atoms with Crippen molar-refractivity contribution in [1.82, 2.24) is 0 Å². The minimum absolute atomic E-state index is 0.294. The zero-order valence-electron chi connectivity index (χ0n) is 13.4. The highest BCUT2D eigenvalue weighted by Crippen LogP contribution is 2.41. The monoisotopic (exact) mass is 303 g/mol. The Labute approximate surface area is 130 Å². The molecule has 0 aliphatic carbocycles. The first-order chi connectivity index (χ1) is 10.3. The van der Waals surface area contributed by atoms with Crippen LogP contribution in [0, 0.1) is 0 Å². The summed E-state index contributed by atoms with van der Waals surface area (Å²) in [6.07, 6.45) is 1.47. The van der Waals surface area contributed by atoms with Crippen molar-refractivity contribution in [2.75, 3.05) is 12.0 Å². The fraction of sp³-hybridized carbons (Fsp3) is 0.412. The van der Waals surface area contributed by atoms with Crippen LogP contribution in [-0.2, 0) is 9.53 Å². The second-order valence-electron chi connectivity index (χ2n) is 6.16. The number of amides is 2. The van der Waals surface area contributed by atoms with Gasteiger partial charge in [-0.2, -0.15) is 0 Å². The molecule has 1 aromatic rings. The SMILES string of the molecule is C=CCC1C(=O)N(C(=O)OC(C)(C)C)c2ccc(OC)cc21. The van der Waals surface area contributed by atoms with Crippen molar-refractivity contribution in [3.8, 4) is 5.75 Å². The summed E-state index contributed by atoms with van der Waals surface area (Å²) in [7, 11) is 1.56. The van der Waals surface area contributed by atoms with Crippen LogP contribution in [0.1, 0.15) is 38.7 Å². The van der Waals surface area contributed by atoms with E-state index in [2.05, 4.69) is 6.58 Å². The molecular formula is C17H21NO4. The summed E-state index contributed by atoms with van der Waals surface area (Å²) in [4.78, 5) is 26.1. The number of anilines is 1. The number of imide groups is 1. The molecule has 0 aromatic heterocycles. The molecular weight excluding hydrogens is 282 g/mol. The zero-order valence-corrected chi connectivity index (χ0v) is 13.4. The summed E-state index contributed by atoms with van der Waals surface area (Å²) in [5.41, 5.74) is 0.641. The van der Waals surface area contributed by atoms with Crippen LogP contribution in [0.15, 0.2) is 30.9 Å². The van der Waals surface area contributed by atoms with Gasteiger partial charge < -0.3 is 9.47 Å². The number of fused-ring (bicyclic) bond motifs is 1. The molecule has 0 saturated carbocycles. The van der Waals surface area contributed by atoms with Crippen molar-refractivity contribution >= 4 is 17.7 Å². The second kappa shape index (κ2) is 5.83. The lowest BCUT2D eigenvalue weighted by atomic mass is 9.97. The Morgan fingerprint density at radius 1 is 1.41 bits per heavy atom.